The average Bonchev–Trinajstić information content (AvgIpc) is 2.57. The summed E-state index contributed by atoms with van der Waals surface area (Å²) in [6.45, 7) is 2.16. The SMILES string of the molecule is CCc1ccc(C2=NNC(=Nc3ccccc3)SC2)cc1. The van der Waals surface area contributed by atoms with E-state index >= 15 is 0 Å². The largest absolute Gasteiger partial charge is 0.255 e. The second kappa shape index (κ2) is 6.59. The summed E-state index contributed by atoms with van der Waals surface area (Å²) in [5.74, 6) is 0.837. The second-order valence-corrected chi connectivity index (χ2v) is 5.73. The van der Waals surface area contributed by atoms with Crippen molar-refractivity contribution in [1.82, 2.24) is 5.43 Å². The zero-order valence-electron chi connectivity index (χ0n) is 11.9. The highest BCUT2D eigenvalue weighted by Gasteiger charge is 2.12. The number of thioether (sulfide) groups is 1. The van der Waals surface area contributed by atoms with Crippen LogP contribution >= 0.6 is 11.8 Å². The molecule has 1 heterocycles. The van der Waals surface area contributed by atoms with E-state index in [9.17, 15) is 0 Å². The van der Waals surface area contributed by atoms with Crippen LogP contribution in [0.15, 0.2) is 64.7 Å². The van der Waals surface area contributed by atoms with Crippen LogP contribution in [-0.4, -0.2) is 16.6 Å². The summed E-state index contributed by atoms with van der Waals surface area (Å²) in [5.41, 5.74) is 7.57. The topological polar surface area (TPSA) is 36.8 Å². The standard InChI is InChI=1S/C17H17N3S/c1-2-13-8-10-14(11-9-13)16-12-21-17(20-19-16)18-15-6-4-3-5-7-15/h3-11H,2,12H2,1H3,(H,18,20). The molecule has 0 saturated heterocycles. The maximum Gasteiger partial charge on any atom is 0.182 e. The number of aliphatic imine (C=N–C) groups is 1. The summed E-state index contributed by atoms with van der Waals surface area (Å²) in [4.78, 5) is 4.53. The summed E-state index contributed by atoms with van der Waals surface area (Å²) in [5, 5.41) is 5.29. The first-order valence-electron chi connectivity index (χ1n) is 7.03. The third kappa shape index (κ3) is 3.52. The average molecular weight is 295 g/mol. The van der Waals surface area contributed by atoms with E-state index in [-0.39, 0.29) is 0 Å². The van der Waals surface area contributed by atoms with Crippen molar-refractivity contribution < 1.29 is 0 Å². The van der Waals surface area contributed by atoms with E-state index in [0.29, 0.717) is 0 Å². The Morgan fingerprint density at radius 2 is 1.86 bits per heavy atom. The van der Waals surface area contributed by atoms with Crippen LogP contribution in [0.25, 0.3) is 0 Å². The molecule has 0 unspecified atom stereocenters. The van der Waals surface area contributed by atoms with Crippen LogP contribution in [0.5, 0.6) is 0 Å². The van der Waals surface area contributed by atoms with Gasteiger partial charge in [0.15, 0.2) is 5.17 Å². The van der Waals surface area contributed by atoms with Crippen LogP contribution in [0, 0.1) is 0 Å². The fraction of sp³-hybridized carbons (Fsp3) is 0.176. The van der Waals surface area contributed by atoms with Gasteiger partial charge in [-0.2, -0.15) is 5.10 Å². The van der Waals surface area contributed by atoms with Gasteiger partial charge in [-0.25, -0.2) is 4.99 Å². The minimum absolute atomic E-state index is 0.837. The normalized spacial score (nSPS) is 16.4. The number of hydrazone groups is 1. The molecule has 106 valence electrons. The fourth-order valence-corrected chi connectivity index (χ4v) is 2.86. The molecule has 0 spiro atoms. The van der Waals surface area contributed by atoms with Gasteiger partial charge in [0.1, 0.15) is 0 Å². The molecule has 0 radical (unpaired) electrons. The number of aryl methyl sites for hydroxylation is 1. The Kier molecular flexibility index (Phi) is 4.36. The Morgan fingerprint density at radius 3 is 2.48 bits per heavy atom. The number of hydrogen-bond acceptors (Lipinski definition) is 3. The van der Waals surface area contributed by atoms with Crippen molar-refractivity contribution in [2.24, 2.45) is 10.1 Å². The third-order valence-corrected chi connectivity index (χ3v) is 4.19. The van der Waals surface area contributed by atoms with Crippen molar-refractivity contribution in [2.75, 3.05) is 5.75 Å². The molecule has 0 atom stereocenters. The Balaban J connectivity index is 1.73. The number of hydrogen-bond donors (Lipinski definition) is 1. The van der Waals surface area contributed by atoms with Crippen LogP contribution in [0.3, 0.4) is 0 Å². The number of rotatable bonds is 3. The number of benzene rings is 2. The highest BCUT2D eigenvalue weighted by molar-refractivity contribution is 8.14. The van der Waals surface area contributed by atoms with Gasteiger partial charge in [-0.1, -0.05) is 61.2 Å². The molecule has 3 rings (SSSR count). The lowest BCUT2D eigenvalue weighted by molar-refractivity contribution is 1.03. The molecule has 4 heteroatoms. The molecule has 1 aliphatic heterocycles. The van der Waals surface area contributed by atoms with Gasteiger partial charge in [-0.05, 0) is 29.7 Å². The molecule has 0 aromatic heterocycles. The van der Waals surface area contributed by atoms with Gasteiger partial charge in [0, 0.05) is 5.75 Å². The van der Waals surface area contributed by atoms with Crippen molar-refractivity contribution in [3.8, 4) is 0 Å². The van der Waals surface area contributed by atoms with Gasteiger partial charge in [0.05, 0.1) is 11.4 Å². The van der Waals surface area contributed by atoms with E-state index in [1.807, 2.05) is 30.3 Å². The van der Waals surface area contributed by atoms with E-state index in [4.69, 9.17) is 0 Å². The van der Waals surface area contributed by atoms with Crippen molar-refractivity contribution >= 4 is 28.3 Å². The first-order chi connectivity index (χ1) is 10.3. The van der Waals surface area contributed by atoms with Crippen LogP contribution in [0.4, 0.5) is 5.69 Å². The first kappa shape index (κ1) is 13.9. The van der Waals surface area contributed by atoms with Crippen LogP contribution in [0.1, 0.15) is 18.1 Å². The molecule has 1 N–H and O–H groups in total. The second-order valence-electron chi connectivity index (χ2n) is 4.76. The third-order valence-electron chi connectivity index (χ3n) is 3.31. The minimum atomic E-state index is 0.837. The minimum Gasteiger partial charge on any atom is -0.255 e. The molecule has 0 amide bonds. The van der Waals surface area contributed by atoms with Crippen molar-refractivity contribution in [3.63, 3.8) is 0 Å². The molecular formula is C17H17N3S. The lowest BCUT2D eigenvalue weighted by Crippen LogP contribution is -2.25. The highest BCUT2D eigenvalue weighted by atomic mass is 32.2. The summed E-state index contributed by atoms with van der Waals surface area (Å²) in [6.07, 6.45) is 1.06. The summed E-state index contributed by atoms with van der Waals surface area (Å²) in [6, 6.07) is 18.5. The van der Waals surface area contributed by atoms with Gasteiger partial charge >= 0.3 is 0 Å². The number of nitrogens with zero attached hydrogens (tertiary/aromatic N) is 2. The monoisotopic (exact) mass is 295 g/mol. The maximum absolute atomic E-state index is 4.53. The molecule has 2 aromatic rings. The van der Waals surface area contributed by atoms with Gasteiger partial charge in [-0.3, -0.25) is 5.43 Å². The van der Waals surface area contributed by atoms with Gasteiger partial charge in [-0.15, -0.1) is 0 Å². The molecule has 0 fully saturated rings. The zero-order chi connectivity index (χ0) is 14.5. The predicted octanol–water partition coefficient (Wildman–Crippen LogP) is 3.98. The Morgan fingerprint density at radius 1 is 1.10 bits per heavy atom. The fourth-order valence-electron chi connectivity index (χ4n) is 2.07. The Bertz CT molecular complexity index is 660. The smallest absolute Gasteiger partial charge is 0.182 e. The number of nitrogens with one attached hydrogen (secondary N) is 1. The van der Waals surface area contributed by atoms with Crippen LogP contribution in [0.2, 0.25) is 0 Å². The Labute approximate surface area is 129 Å². The van der Waals surface area contributed by atoms with Gasteiger partial charge in [0.2, 0.25) is 0 Å². The number of para-hydroxylation sites is 1. The van der Waals surface area contributed by atoms with Crippen molar-refractivity contribution in [1.29, 1.82) is 0 Å². The van der Waals surface area contributed by atoms with E-state index < -0.39 is 0 Å². The van der Waals surface area contributed by atoms with E-state index in [2.05, 4.69) is 46.7 Å². The van der Waals surface area contributed by atoms with E-state index in [0.717, 1.165) is 28.7 Å². The first-order valence-corrected chi connectivity index (χ1v) is 8.02. The molecular weight excluding hydrogens is 278 g/mol. The summed E-state index contributed by atoms with van der Waals surface area (Å²) in [7, 11) is 0. The Hall–Kier alpha value is -2.07. The predicted molar refractivity (Wildman–Crippen MR) is 91.5 cm³/mol. The van der Waals surface area contributed by atoms with Crippen LogP contribution in [-0.2, 0) is 6.42 Å². The lowest BCUT2D eigenvalue weighted by Gasteiger charge is -2.15. The van der Waals surface area contributed by atoms with Gasteiger partial charge in [0.25, 0.3) is 0 Å². The van der Waals surface area contributed by atoms with Crippen molar-refractivity contribution in [3.05, 3.63) is 65.7 Å². The summed E-state index contributed by atoms with van der Waals surface area (Å²) >= 11 is 1.68. The summed E-state index contributed by atoms with van der Waals surface area (Å²) < 4.78 is 0. The zero-order valence-corrected chi connectivity index (χ0v) is 12.7. The van der Waals surface area contributed by atoms with Crippen LogP contribution < -0.4 is 5.43 Å². The lowest BCUT2D eigenvalue weighted by atomic mass is 10.1. The quantitative estimate of drug-likeness (QED) is 0.930. The molecule has 0 bridgehead atoms. The highest BCUT2D eigenvalue weighted by Crippen LogP contribution is 2.18. The molecule has 0 aliphatic carbocycles. The number of amidine groups is 1. The van der Waals surface area contributed by atoms with E-state index in [1.165, 1.54) is 11.1 Å². The molecule has 21 heavy (non-hydrogen) atoms. The molecule has 1 aliphatic rings. The van der Waals surface area contributed by atoms with E-state index in [1.54, 1.807) is 11.8 Å². The van der Waals surface area contributed by atoms with Crippen molar-refractivity contribution in [2.45, 2.75) is 13.3 Å². The molecule has 0 saturated carbocycles. The maximum atomic E-state index is 4.53. The molecule has 2 aromatic carbocycles. The molecule has 3 nitrogen and oxygen atoms in total. The van der Waals surface area contributed by atoms with Gasteiger partial charge < -0.3 is 0 Å².